The lowest BCUT2D eigenvalue weighted by Crippen LogP contribution is -2.22. The van der Waals surface area contributed by atoms with Crippen LogP contribution in [0.25, 0.3) is 0 Å². The van der Waals surface area contributed by atoms with Gasteiger partial charge in [-0.05, 0) is 12.2 Å². The minimum Gasteiger partial charge on any atom is -0.383 e. The standard InChI is InChI=1S/C10H16N2O/c1-12(7-8-13-2)10-5-3-4-6-11-9-10/h3-6,9,11H,7-8H2,1-2H3. The van der Waals surface area contributed by atoms with E-state index in [0.29, 0.717) is 0 Å². The Labute approximate surface area is 79.4 Å². The highest BCUT2D eigenvalue weighted by Crippen LogP contribution is 2.03. The number of likely N-dealkylation sites (N-methyl/N-ethyl adjacent to an activating group) is 1. The number of allylic oxidation sites excluding steroid dienone is 3. The van der Waals surface area contributed by atoms with Gasteiger partial charge in [0.25, 0.3) is 0 Å². The molecule has 0 spiro atoms. The molecule has 0 radical (unpaired) electrons. The molecule has 3 nitrogen and oxygen atoms in total. The van der Waals surface area contributed by atoms with Crippen molar-refractivity contribution >= 4 is 0 Å². The lowest BCUT2D eigenvalue weighted by Gasteiger charge is -2.19. The van der Waals surface area contributed by atoms with Gasteiger partial charge in [-0.15, -0.1) is 0 Å². The minimum atomic E-state index is 0.745. The number of ether oxygens (including phenoxy) is 1. The van der Waals surface area contributed by atoms with Crippen LogP contribution in [0.15, 0.2) is 36.3 Å². The Morgan fingerprint density at radius 1 is 1.46 bits per heavy atom. The van der Waals surface area contributed by atoms with Crippen molar-refractivity contribution in [3.8, 4) is 0 Å². The van der Waals surface area contributed by atoms with Gasteiger partial charge in [0.2, 0.25) is 0 Å². The van der Waals surface area contributed by atoms with Crippen molar-refractivity contribution in [1.29, 1.82) is 0 Å². The molecule has 1 N–H and O–H groups in total. The quantitative estimate of drug-likeness (QED) is 0.700. The minimum absolute atomic E-state index is 0.745. The summed E-state index contributed by atoms with van der Waals surface area (Å²) in [5.74, 6) is 0. The van der Waals surface area contributed by atoms with Crippen LogP contribution in [-0.2, 0) is 4.74 Å². The molecular formula is C10H16N2O. The van der Waals surface area contributed by atoms with Gasteiger partial charge in [-0.2, -0.15) is 0 Å². The zero-order chi connectivity index (χ0) is 9.52. The van der Waals surface area contributed by atoms with Crippen molar-refractivity contribution in [2.45, 2.75) is 0 Å². The molecule has 3 heteroatoms. The molecule has 1 aliphatic heterocycles. The molecule has 0 aromatic rings. The van der Waals surface area contributed by atoms with E-state index in [2.05, 4.69) is 16.3 Å². The molecule has 0 fully saturated rings. The van der Waals surface area contributed by atoms with Crippen molar-refractivity contribution in [2.75, 3.05) is 27.3 Å². The lowest BCUT2D eigenvalue weighted by atomic mass is 10.3. The first-order valence-electron chi connectivity index (χ1n) is 4.34. The van der Waals surface area contributed by atoms with Gasteiger partial charge in [0.1, 0.15) is 0 Å². The number of rotatable bonds is 4. The molecule has 1 heterocycles. The van der Waals surface area contributed by atoms with Crippen LogP contribution in [0.3, 0.4) is 0 Å². The van der Waals surface area contributed by atoms with E-state index in [4.69, 9.17) is 4.74 Å². The van der Waals surface area contributed by atoms with Crippen LogP contribution in [0.4, 0.5) is 0 Å². The summed E-state index contributed by atoms with van der Waals surface area (Å²) in [6, 6.07) is 0. The summed E-state index contributed by atoms with van der Waals surface area (Å²) in [4.78, 5) is 2.14. The second kappa shape index (κ2) is 5.43. The van der Waals surface area contributed by atoms with Crippen LogP contribution in [0.1, 0.15) is 0 Å². The molecule has 72 valence electrons. The summed E-state index contributed by atoms with van der Waals surface area (Å²) in [5.41, 5.74) is 1.15. The van der Waals surface area contributed by atoms with Crippen LogP contribution in [0.5, 0.6) is 0 Å². The molecule has 0 saturated carbocycles. The maximum atomic E-state index is 5.01. The van der Waals surface area contributed by atoms with E-state index in [1.54, 1.807) is 7.11 Å². The zero-order valence-electron chi connectivity index (χ0n) is 8.16. The topological polar surface area (TPSA) is 24.5 Å². The molecule has 0 aromatic carbocycles. The van der Waals surface area contributed by atoms with E-state index in [0.717, 1.165) is 18.8 Å². The summed E-state index contributed by atoms with van der Waals surface area (Å²) in [5, 5.41) is 3.07. The molecule has 13 heavy (non-hydrogen) atoms. The van der Waals surface area contributed by atoms with E-state index in [1.807, 2.05) is 31.6 Å². The van der Waals surface area contributed by atoms with Crippen LogP contribution in [-0.4, -0.2) is 32.2 Å². The Hall–Kier alpha value is -1.22. The number of hydrogen-bond acceptors (Lipinski definition) is 3. The number of nitrogens with one attached hydrogen (secondary N) is 1. The highest BCUT2D eigenvalue weighted by molar-refractivity contribution is 5.23. The fraction of sp³-hybridized carbons (Fsp3) is 0.400. The predicted octanol–water partition coefficient (Wildman–Crippen LogP) is 1.08. The zero-order valence-corrected chi connectivity index (χ0v) is 8.16. The average molecular weight is 180 g/mol. The summed E-state index contributed by atoms with van der Waals surface area (Å²) in [7, 11) is 3.76. The Morgan fingerprint density at radius 2 is 2.31 bits per heavy atom. The molecule has 0 aromatic heterocycles. The molecular weight excluding hydrogens is 164 g/mol. The molecule has 0 saturated heterocycles. The summed E-state index contributed by atoms with van der Waals surface area (Å²) >= 11 is 0. The van der Waals surface area contributed by atoms with Gasteiger partial charge in [-0.3, -0.25) is 0 Å². The smallest absolute Gasteiger partial charge is 0.0637 e. The molecule has 0 atom stereocenters. The first-order valence-corrected chi connectivity index (χ1v) is 4.34. The fourth-order valence-corrected chi connectivity index (χ4v) is 1.04. The van der Waals surface area contributed by atoms with Gasteiger partial charge < -0.3 is 15.0 Å². The molecule has 0 bridgehead atoms. The summed E-state index contributed by atoms with van der Waals surface area (Å²) in [6.45, 7) is 1.64. The van der Waals surface area contributed by atoms with Crippen molar-refractivity contribution in [3.05, 3.63) is 36.3 Å². The largest absolute Gasteiger partial charge is 0.383 e. The van der Waals surface area contributed by atoms with Crippen LogP contribution in [0.2, 0.25) is 0 Å². The summed E-state index contributed by atoms with van der Waals surface area (Å²) < 4.78 is 5.01. The van der Waals surface area contributed by atoms with Crippen molar-refractivity contribution in [2.24, 2.45) is 0 Å². The first-order chi connectivity index (χ1) is 6.34. The molecule has 1 rings (SSSR count). The van der Waals surface area contributed by atoms with Gasteiger partial charge in [0.05, 0.1) is 12.3 Å². The number of hydrogen-bond donors (Lipinski definition) is 1. The molecule has 0 aliphatic carbocycles. The predicted molar refractivity (Wildman–Crippen MR) is 54.0 cm³/mol. The van der Waals surface area contributed by atoms with Gasteiger partial charge >= 0.3 is 0 Å². The Morgan fingerprint density at radius 3 is 3.08 bits per heavy atom. The maximum Gasteiger partial charge on any atom is 0.0637 e. The maximum absolute atomic E-state index is 5.01. The first kappa shape index (κ1) is 9.86. The van der Waals surface area contributed by atoms with Gasteiger partial charge in [0, 0.05) is 33.1 Å². The van der Waals surface area contributed by atoms with Crippen molar-refractivity contribution in [3.63, 3.8) is 0 Å². The molecule has 0 amide bonds. The highest BCUT2D eigenvalue weighted by Gasteiger charge is 2.00. The summed E-state index contributed by atoms with van der Waals surface area (Å²) in [6.07, 6.45) is 9.90. The van der Waals surface area contributed by atoms with E-state index in [1.165, 1.54) is 0 Å². The number of nitrogens with zero attached hydrogens (tertiary/aromatic N) is 1. The van der Waals surface area contributed by atoms with E-state index >= 15 is 0 Å². The second-order valence-corrected chi connectivity index (χ2v) is 2.87. The number of methoxy groups -OCH3 is 1. The third kappa shape index (κ3) is 3.34. The average Bonchev–Trinajstić information content (AvgIpc) is 2.42. The third-order valence-corrected chi connectivity index (χ3v) is 1.87. The van der Waals surface area contributed by atoms with E-state index < -0.39 is 0 Å². The highest BCUT2D eigenvalue weighted by atomic mass is 16.5. The van der Waals surface area contributed by atoms with E-state index in [9.17, 15) is 0 Å². The monoisotopic (exact) mass is 180 g/mol. The fourth-order valence-electron chi connectivity index (χ4n) is 1.04. The van der Waals surface area contributed by atoms with E-state index in [-0.39, 0.29) is 0 Å². The Kier molecular flexibility index (Phi) is 4.12. The van der Waals surface area contributed by atoms with Gasteiger partial charge in [-0.25, -0.2) is 0 Å². The van der Waals surface area contributed by atoms with Crippen LogP contribution >= 0.6 is 0 Å². The lowest BCUT2D eigenvalue weighted by molar-refractivity contribution is 0.175. The molecule has 1 aliphatic rings. The van der Waals surface area contributed by atoms with Crippen molar-refractivity contribution in [1.82, 2.24) is 10.2 Å². The molecule has 0 unspecified atom stereocenters. The third-order valence-electron chi connectivity index (χ3n) is 1.87. The van der Waals surface area contributed by atoms with Gasteiger partial charge in [0.15, 0.2) is 0 Å². The Bertz CT molecular complexity index is 231. The van der Waals surface area contributed by atoms with Crippen LogP contribution < -0.4 is 5.32 Å². The Balaban J connectivity index is 2.45. The van der Waals surface area contributed by atoms with Gasteiger partial charge in [-0.1, -0.05) is 6.08 Å². The SMILES string of the molecule is COCCN(C)C1=CNC=CC=C1. The van der Waals surface area contributed by atoms with Crippen LogP contribution in [0, 0.1) is 0 Å². The normalized spacial score (nSPS) is 14.8. The van der Waals surface area contributed by atoms with Crippen molar-refractivity contribution < 1.29 is 4.74 Å². The second-order valence-electron chi connectivity index (χ2n) is 2.87.